The third-order valence-electron chi connectivity index (χ3n) is 8.72. The highest BCUT2D eigenvalue weighted by molar-refractivity contribution is 7.00. The van der Waals surface area contributed by atoms with E-state index in [2.05, 4.69) is 146 Å². The van der Waals surface area contributed by atoms with Crippen molar-refractivity contribution in [1.29, 1.82) is 0 Å². The molecule has 1 aliphatic rings. The molecule has 0 N–H and O–H groups in total. The second-order valence-corrected chi connectivity index (χ2v) is 17.0. The average Bonchev–Trinajstić information content (AvgIpc) is 3.62. The molecule has 6 heteroatoms. The van der Waals surface area contributed by atoms with Gasteiger partial charge in [-0.2, -0.15) is 0 Å². The summed E-state index contributed by atoms with van der Waals surface area (Å²) >= 11 is 0. The quantitative estimate of drug-likeness (QED) is 0.189. The fourth-order valence-electron chi connectivity index (χ4n) is 6.23. The van der Waals surface area contributed by atoms with E-state index in [1.807, 2.05) is 18.5 Å². The lowest BCUT2D eigenvalue weighted by Crippen LogP contribution is -2.53. The number of para-hydroxylation sites is 1. The highest BCUT2D eigenvalue weighted by Crippen LogP contribution is 2.38. The minimum atomic E-state index is -2.04. The van der Waals surface area contributed by atoms with Gasteiger partial charge in [0.2, 0.25) is 0 Å². The van der Waals surface area contributed by atoms with Gasteiger partial charge < -0.3 is 9.80 Å². The van der Waals surface area contributed by atoms with Crippen LogP contribution in [0.1, 0.15) is 50.7 Å². The standard InChI is InChI=1S/C36H41N5Si/c1-25(2)31-16-10-17-32(26(3)4)34(31)40-21-20-38-35(40)27-12-8-14-29(22-27)42(6,7)30-15-9-13-28(23-30)41-24-39(5)36-33(41)18-11-19-37-36/h8-23,25-26H,24H2,1-7H3. The van der Waals surface area contributed by atoms with E-state index in [0.29, 0.717) is 11.8 Å². The largest absolute Gasteiger partial charge is 0.340 e. The van der Waals surface area contributed by atoms with Crippen molar-refractivity contribution < 1.29 is 0 Å². The zero-order chi connectivity index (χ0) is 29.6. The fraction of sp³-hybridized carbons (Fsp3) is 0.278. The number of benzene rings is 3. The summed E-state index contributed by atoms with van der Waals surface area (Å²) in [6, 6.07) is 29.1. The zero-order valence-corrected chi connectivity index (χ0v) is 26.8. The maximum absolute atomic E-state index is 4.92. The van der Waals surface area contributed by atoms with Crippen LogP contribution >= 0.6 is 0 Å². The first-order chi connectivity index (χ1) is 20.2. The number of rotatable bonds is 7. The molecule has 1 aliphatic heterocycles. The normalized spacial score (nSPS) is 13.4. The molecule has 5 nitrogen and oxygen atoms in total. The van der Waals surface area contributed by atoms with Gasteiger partial charge in [-0.1, -0.05) is 106 Å². The molecule has 0 bridgehead atoms. The number of fused-ring (bicyclic) bond motifs is 1. The Bertz CT molecular complexity index is 1710. The minimum absolute atomic E-state index is 0.414. The molecular weight excluding hydrogens is 531 g/mol. The van der Waals surface area contributed by atoms with Crippen molar-refractivity contribution in [3.63, 3.8) is 0 Å². The topological polar surface area (TPSA) is 37.2 Å². The van der Waals surface area contributed by atoms with Crippen LogP contribution in [0.5, 0.6) is 0 Å². The maximum atomic E-state index is 4.92. The first-order valence-electron chi connectivity index (χ1n) is 15.0. The minimum Gasteiger partial charge on any atom is -0.340 e. The third kappa shape index (κ3) is 4.84. The Morgan fingerprint density at radius 3 is 2.12 bits per heavy atom. The van der Waals surface area contributed by atoms with Crippen molar-refractivity contribution in [3.8, 4) is 17.1 Å². The first-order valence-corrected chi connectivity index (χ1v) is 18.0. The SMILES string of the molecule is CC(C)c1cccc(C(C)C)c1-n1ccnc1-c1cccc([Si](C)(C)c2cccc(N3CN(C)c4ncccc43)c2)c1. The Balaban J connectivity index is 1.39. The van der Waals surface area contributed by atoms with Crippen LogP contribution in [0.2, 0.25) is 13.1 Å². The van der Waals surface area contributed by atoms with Gasteiger partial charge in [-0.3, -0.25) is 4.57 Å². The Hall–Kier alpha value is -4.16. The molecular formula is C36H41N5Si. The van der Waals surface area contributed by atoms with Crippen LogP contribution in [0.25, 0.3) is 17.1 Å². The lowest BCUT2D eigenvalue weighted by Gasteiger charge is -2.27. The molecule has 0 fully saturated rings. The van der Waals surface area contributed by atoms with Crippen LogP contribution < -0.4 is 20.2 Å². The first kappa shape index (κ1) is 28.0. The average molecular weight is 572 g/mol. The number of pyridine rings is 1. The lowest BCUT2D eigenvalue weighted by molar-refractivity contribution is 0.807. The maximum Gasteiger partial charge on any atom is 0.153 e. The molecule has 0 saturated heterocycles. The van der Waals surface area contributed by atoms with Gasteiger partial charge in [0.15, 0.2) is 5.82 Å². The Labute approximate surface area is 251 Å². The number of imidazole rings is 1. The van der Waals surface area contributed by atoms with Gasteiger partial charge in [0.25, 0.3) is 0 Å². The summed E-state index contributed by atoms with van der Waals surface area (Å²) in [7, 11) is 0.0671. The highest BCUT2D eigenvalue weighted by Gasteiger charge is 2.30. The Morgan fingerprint density at radius 1 is 0.738 bits per heavy atom. The molecule has 0 spiro atoms. The molecule has 5 aromatic rings. The van der Waals surface area contributed by atoms with Crippen molar-refractivity contribution in [1.82, 2.24) is 14.5 Å². The number of anilines is 3. The van der Waals surface area contributed by atoms with E-state index in [9.17, 15) is 0 Å². The molecule has 0 radical (unpaired) electrons. The second-order valence-electron chi connectivity index (χ2n) is 12.6. The smallest absolute Gasteiger partial charge is 0.153 e. The van der Waals surface area contributed by atoms with E-state index in [-0.39, 0.29) is 0 Å². The van der Waals surface area contributed by atoms with E-state index >= 15 is 0 Å². The van der Waals surface area contributed by atoms with Crippen LogP contribution in [0.3, 0.4) is 0 Å². The molecule has 214 valence electrons. The predicted octanol–water partition coefficient (Wildman–Crippen LogP) is 7.55. The van der Waals surface area contributed by atoms with E-state index in [1.54, 1.807) is 0 Å². The molecule has 0 aliphatic carbocycles. The molecule has 0 unspecified atom stereocenters. The molecule has 2 aromatic heterocycles. The van der Waals surface area contributed by atoms with E-state index in [1.165, 1.54) is 32.9 Å². The van der Waals surface area contributed by atoms with Crippen LogP contribution in [-0.4, -0.2) is 36.3 Å². The summed E-state index contributed by atoms with van der Waals surface area (Å²) in [5.41, 5.74) is 7.51. The summed E-state index contributed by atoms with van der Waals surface area (Å²) in [6.45, 7) is 14.8. The molecule has 0 amide bonds. The molecule has 42 heavy (non-hydrogen) atoms. The fourth-order valence-corrected chi connectivity index (χ4v) is 8.62. The van der Waals surface area contributed by atoms with Gasteiger partial charge in [0, 0.05) is 36.9 Å². The molecule has 0 atom stereocenters. The Morgan fingerprint density at radius 2 is 1.40 bits per heavy atom. The third-order valence-corrected chi connectivity index (χ3v) is 12.2. The molecule has 3 aromatic carbocycles. The summed E-state index contributed by atoms with van der Waals surface area (Å²) in [6.07, 6.45) is 5.94. The second kappa shape index (κ2) is 10.9. The number of aromatic nitrogens is 3. The van der Waals surface area contributed by atoms with Crippen LogP contribution in [0, 0.1) is 0 Å². The summed E-state index contributed by atoms with van der Waals surface area (Å²) < 4.78 is 2.31. The van der Waals surface area contributed by atoms with Gasteiger partial charge in [0.1, 0.15) is 13.9 Å². The molecule has 0 saturated carbocycles. The van der Waals surface area contributed by atoms with Crippen molar-refractivity contribution in [2.45, 2.75) is 52.6 Å². The van der Waals surface area contributed by atoms with Crippen molar-refractivity contribution in [2.24, 2.45) is 0 Å². The van der Waals surface area contributed by atoms with Gasteiger partial charge in [-0.05, 0) is 47.2 Å². The Kier molecular flexibility index (Phi) is 7.27. The van der Waals surface area contributed by atoms with Gasteiger partial charge in [0.05, 0.1) is 18.0 Å². The monoisotopic (exact) mass is 571 g/mol. The van der Waals surface area contributed by atoms with Gasteiger partial charge in [-0.25, -0.2) is 9.97 Å². The van der Waals surface area contributed by atoms with E-state index in [0.717, 1.165) is 29.6 Å². The summed E-state index contributed by atoms with van der Waals surface area (Å²) in [5, 5.41) is 2.81. The van der Waals surface area contributed by atoms with Crippen molar-refractivity contribution >= 4 is 35.6 Å². The van der Waals surface area contributed by atoms with Crippen molar-refractivity contribution in [2.75, 3.05) is 23.5 Å². The number of nitrogens with zero attached hydrogens (tertiary/aromatic N) is 5. The molecule has 6 rings (SSSR count). The number of hydrogen-bond donors (Lipinski definition) is 0. The van der Waals surface area contributed by atoms with Crippen molar-refractivity contribution in [3.05, 3.63) is 109 Å². The summed E-state index contributed by atoms with van der Waals surface area (Å²) in [4.78, 5) is 14.1. The van der Waals surface area contributed by atoms with E-state index in [4.69, 9.17) is 4.98 Å². The molecule has 3 heterocycles. The highest BCUT2D eigenvalue weighted by atomic mass is 28.3. The van der Waals surface area contributed by atoms with Gasteiger partial charge in [-0.15, -0.1) is 0 Å². The number of hydrogen-bond acceptors (Lipinski definition) is 4. The summed E-state index contributed by atoms with van der Waals surface area (Å²) in [5.74, 6) is 2.85. The van der Waals surface area contributed by atoms with E-state index < -0.39 is 8.07 Å². The van der Waals surface area contributed by atoms with Crippen LogP contribution in [0.4, 0.5) is 17.2 Å². The lowest BCUT2D eigenvalue weighted by atomic mass is 9.92. The zero-order valence-electron chi connectivity index (χ0n) is 25.8. The predicted molar refractivity (Wildman–Crippen MR) is 180 cm³/mol. The van der Waals surface area contributed by atoms with Gasteiger partial charge >= 0.3 is 0 Å². The van der Waals surface area contributed by atoms with Crippen LogP contribution in [-0.2, 0) is 0 Å². The van der Waals surface area contributed by atoms with Crippen LogP contribution in [0.15, 0.2) is 97.5 Å².